The van der Waals surface area contributed by atoms with Gasteiger partial charge in [0.05, 0.1) is 12.2 Å². The van der Waals surface area contributed by atoms with Crippen LogP contribution >= 0.6 is 11.8 Å². The van der Waals surface area contributed by atoms with Crippen LogP contribution < -0.4 is 9.80 Å². The summed E-state index contributed by atoms with van der Waals surface area (Å²) in [5.74, 6) is 1.03. The number of hydrogen-bond acceptors (Lipinski definition) is 4. The van der Waals surface area contributed by atoms with Gasteiger partial charge in [0.2, 0.25) is 5.91 Å². The summed E-state index contributed by atoms with van der Waals surface area (Å²) in [4.78, 5) is 20.8. The number of carbonyl (C=O) groups excluding carboxylic acids is 1. The molecule has 5 heteroatoms. The Hall–Kier alpha value is -1.75. The van der Waals surface area contributed by atoms with Gasteiger partial charge < -0.3 is 9.80 Å². The summed E-state index contributed by atoms with van der Waals surface area (Å²) in [6, 6.07) is 6.35. The molecule has 1 aromatic carbocycles. The molecule has 26 heavy (non-hydrogen) atoms. The second kappa shape index (κ2) is 11.8. The first-order valence-corrected chi connectivity index (χ1v) is 10.8. The minimum atomic E-state index is 0.165. The zero-order valence-electron chi connectivity index (χ0n) is 17.1. The number of hydrogen-bond donors (Lipinski definition) is 0. The number of carbonyl (C=O) groups is 1. The van der Waals surface area contributed by atoms with Gasteiger partial charge in [-0.2, -0.15) is 11.8 Å². The molecule has 0 atom stereocenters. The van der Waals surface area contributed by atoms with Crippen LogP contribution in [-0.4, -0.2) is 44.3 Å². The molecule has 0 bridgehead atoms. The quantitative estimate of drug-likeness (QED) is 0.643. The van der Waals surface area contributed by atoms with Crippen molar-refractivity contribution < 1.29 is 4.79 Å². The predicted octanol–water partition coefficient (Wildman–Crippen LogP) is 4.79. The van der Waals surface area contributed by atoms with Crippen molar-refractivity contribution in [2.45, 2.75) is 40.5 Å². The van der Waals surface area contributed by atoms with E-state index in [1.54, 1.807) is 16.7 Å². The maximum absolute atomic E-state index is 12.3. The van der Waals surface area contributed by atoms with E-state index >= 15 is 0 Å². The van der Waals surface area contributed by atoms with Crippen LogP contribution in [0.25, 0.3) is 0 Å². The summed E-state index contributed by atoms with van der Waals surface area (Å²) in [7, 11) is 1.86. The summed E-state index contributed by atoms with van der Waals surface area (Å²) in [6.07, 6.45) is 7.54. The van der Waals surface area contributed by atoms with Crippen LogP contribution in [0.15, 0.2) is 35.0 Å². The topological polar surface area (TPSA) is 35.9 Å². The summed E-state index contributed by atoms with van der Waals surface area (Å²) in [5.41, 5.74) is 4.61. The van der Waals surface area contributed by atoms with Gasteiger partial charge in [0, 0.05) is 43.4 Å². The summed E-state index contributed by atoms with van der Waals surface area (Å²) in [6.45, 7) is 9.77. The van der Waals surface area contributed by atoms with Crippen LogP contribution in [0, 0.1) is 0 Å². The Morgan fingerprint density at radius 3 is 2.69 bits per heavy atom. The fraction of sp³-hybridized carbons (Fsp3) is 0.524. The summed E-state index contributed by atoms with van der Waals surface area (Å²) < 4.78 is 0. The first-order chi connectivity index (χ1) is 12.6. The minimum Gasteiger partial charge on any atom is -0.365 e. The molecule has 1 heterocycles. The van der Waals surface area contributed by atoms with Crippen molar-refractivity contribution in [1.29, 1.82) is 0 Å². The molecule has 4 nitrogen and oxygen atoms in total. The molecular formula is C21H33N3OS. The molecule has 0 radical (unpaired) electrons. The van der Waals surface area contributed by atoms with Crippen molar-refractivity contribution in [3.8, 4) is 0 Å². The van der Waals surface area contributed by atoms with Gasteiger partial charge in [0.25, 0.3) is 0 Å². The van der Waals surface area contributed by atoms with E-state index in [0.29, 0.717) is 6.42 Å². The lowest BCUT2D eigenvalue weighted by molar-refractivity contribution is -0.117. The molecule has 0 aliphatic carbocycles. The van der Waals surface area contributed by atoms with Gasteiger partial charge in [-0.1, -0.05) is 26.0 Å². The Morgan fingerprint density at radius 1 is 1.35 bits per heavy atom. The van der Waals surface area contributed by atoms with Crippen molar-refractivity contribution in [2.24, 2.45) is 4.99 Å². The van der Waals surface area contributed by atoms with Crippen molar-refractivity contribution in [3.05, 3.63) is 35.5 Å². The van der Waals surface area contributed by atoms with E-state index < -0.39 is 0 Å². The van der Waals surface area contributed by atoms with Gasteiger partial charge in [-0.05, 0) is 44.2 Å². The number of benzene rings is 1. The minimum absolute atomic E-state index is 0.165. The number of fused-ring (bicyclic) bond motifs is 1. The predicted molar refractivity (Wildman–Crippen MR) is 118 cm³/mol. The molecule has 0 unspecified atom stereocenters. The third kappa shape index (κ3) is 5.90. The maximum atomic E-state index is 12.3. The number of thioether (sulfide) groups is 1. The van der Waals surface area contributed by atoms with Crippen LogP contribution in [0.5, 0.6) is 0 Å². The zero-order chi connectivity index (χ0) is 19.5. The fourth-order valence-electron chi connectivity index (χ4n) is 2.88. The monoisotopic (exact) mass is 375 g/mol. The molecule has 0 aromatic heterocycles. The summed E-state index contributed by atoms with van der Waals surface area (Å²) in [5, 5.41) is 0. The Labute approximate surface area is 163 Å². The maximum Gasteiger partial charge on any atom is 0.227 e. The highest BCUT2D eigenvalue weighted by Crippen LogP contribution is 2.32. The Balaban J connectivity index is 0.00000163. The third-order valence-corrected chi connectivity index (χ3v) is 4.94. The molecule has 1 aromatic rings. The summed E-state index contributed by atoms with van der Waals surface area (Å²) >= 11 is 1.70. The number of rotatable bonds is 7. The number of aliphatic imine (C=N–C) groups is 1. The van der Waals surface area contributed by atoms with Crippen LogP contribution in [-0.2, 0) is 11.2 Å². The van der Waals surface area contributed by atoms with Gasteiger partial charge in [-0.25, -0.2) is 0 Å². The third-order valence-electron chi connectivity index (χ3n) is 4.32. The van der Waals surface area contributed by atoms with Gasteiger partial charge >= 0.3 is 0 Å². The highest BCUT2D eigenvalue weighted by molar-refractivity contribution is 7.98. The lowest BCUT2D eigenvalue weighted by Gasteiger charge is -2.23. The number of anilines is 2. The van der Waals surface area contributed by atoms with E-state index in [4.69, 9.17) is 0 Å². The van der Waals surface area contributed by atoms with E-state index in [1.165, 1.54) is 11.3 Å². The van der Waals surface area contributed by atoms with Gasteiger partial charge in [-0.3, -0.25) is 9.79 Å². The zero-order valence-corrected chi connectivity index (χ0v) is 17.9. The molecule has 1 aliphatic heterocycles. The SMILES string of the molecule is CC.CC=N/C(=C\C)CN1CCc2ccc(N(C)C(=O)CCSC)cc21. The van der Waals surface area contributed by atoms with Crippen molar-refractivity contribution in [2.75, 3.05) is 41.9 Å². The van der Waals surface area contributed by atoms with E-state index in [-0.39, 0.29) is 5.91 Å². The van der Waals surface area contributed by atoms with Gasteiger partial charge in [-0.15, -0.1) is 0 Å². The molecular weight excluding hydrogens is 342 g/mol. The van der Waals surface area contributed by atoms with Crippen molar-refractivity contribution in [3.63, 3.8) is 0 Å². The highest BCUT2D eigenvalue weighted by Gasteiger charge is 2.21. The van der Waals surface area contributed by atoms with E-state index in [1.807, 2.05) is 47.2 Å². The second-order valence-electron chi connectivity index (χ2n) is 5.85. The van der Waals surface area contributed by atoms with Crippen molar-refractivity contribution >= 4 is 35.3 Å². The van der Waals surface area contributed by atoms with E-state index in [0.717, 1.165) is 36.6 Å². The lowest BCUT2D eigenvalue weighted by atomic mass is 10.1. The molecule has 0 N–H and O–H groups in total. The molecule has 0 spiro atoms. The molecule has 2 rings (SSSR count). The molecule has 0 fully saturated rings. The number of nitrogens with zero attached hydrogens (tertiary/aromatic N) is 3. The smallest absolute Gasteiger partial charge is 0.227 e. The standard InChI is InChI=1S/C19H27N3OS.C2H6/c1-5-16(20-6-2)14-22-11-9-15-7-8-17(13-18(15)22)21(3)19(23)10-12-24-4;1-2/h5-8,13H,9-12,14H2,1-4H3;1-2H3/b16-5-,20-6?;. The molecule has 0 saturated heterocycles. The first kappa shape index (κ1) is 22.3. The normalized spacial score (nSPS) is 13.5. The van der Waals surface area contributed by atoms with Gasteiger partial charge in [0.1, 0.15) is 0 Å². The average Bonchev–Trinajstić information content (AvgIpc) is 3.08. The Bertz CT molecular complexity index is 640. The molecule has 0 saturated carbocycles. The van der Waals surface area contributed by atoms with Crippen LogP contribution in [0.1, 0.15) is 39.7 Å². The Morgan fingerprint density at radius 2 is 2.08 bits per heavy atom. The van der Waals surface area contributed by atoms with Crippen LogP contribution in [0.3, 0.4) is 0 Å². The fourth-order valence-corrected chi connectivity index (χ4v) is 3.25. The molecule has 1 amide bonds. The largest absolute Gasteiger partial charge is 0.365 e. The van der Waals surface area contributed by atoms with E-state index in [9.17, 15) is 4.79 Å². The highest BCUT2D eigenvalue weighted by atomic mass is 32.2. The molecule has 144 valence electrons. The Kier molecular flexibility index (Phi) is 10.1. The van der Waals surface area contributed by atoms with Crippen molar-refractivity contribution in [1.82, 2.24) is 0 Å². The number of allylic oxidation sites excluding steroid dienone is 1. The van der Waals surface area contributed by atoms with E-state index in [2.05, 4.69) is 34.2 Å². The van der Waals surface area contributed by atoms with Crippen LogP contribution in [0.2, 0.25) is 0 Å². The second-order valence-corrected chi connectivity index (χ2v) is 6.83. The number of amides is 1. The first-order valence-electron chi connectivity index (χ1n) is 9.38. The van der Waals surface area contributed by atoms with Crippen LogP contribution in [0.4, 0.5) is 11.4 Å². The molecule has 1 aliphatic rings. The lowest BCUT2D eigenvalue weighted by Crippen LogP contribution is -2.27. The van der Waals surface area contributed by atoms with Gasteiger partial charge in [0.15, 0.2) is 0 Å². The average molecular weight is 376 g/mol.